The molecule has 1 N–H and O–H groups in total. The van der Waals surface area contributed by atoms with Gasteiger partial charge in [0.2, 0.25) is 5.91 Å². The quantitative estimate of drug-likeness (QED) is 0.181. The Morgan fingerprint density at radius 1 is 1.24 bits per heavy atom. The van der Waals surface area contributed by atoms with Gasteiger partial charge < -0.3 is 14.8 Å². The number of esters is 1. The molecule has 0 saturated heterocycles. The zero-order valence-corrected chi connectivity index (χ0v) is 23.0. The molecular formula is C27H32N4O4S2. The molecule has 0 unspecified atom stereocenters. The number of rotatable bonds is 12. The number of carbonyl (C=O) groups is 2. The molecule has 0 fully saturated rings. The van der Waals surface area contributed by atoms with E-state index in [1.807, 2.05) is 28.8 Å². The second-order valence-electron chi connectivity index (χ2n) is 9.05. The van der Waals surface area contributed by atoms with Crippen molar-refractivity contribution in [1.82, 2.24) is 14.8 Å². The standard InChI is InChI=1S/C27H32N4O4S2/c1-5-14-31-24(18-10-12-19(13-11-18)35-15-17(3)4)29-30-27(31)36-16-22(32)28-25-23(26(33)34-6-2)20-8-7-9-21(20)37-25/h5,10-13,17H,1,6-9,14-16H2,2-4H3,(H,28,32). The van der Waals surface area contributed by atoms with Crippen LogP contribution < -0.4 is 10.1 Å². The number of aromatic nitrogens is 3. The number of hydrogen-bond acceptors (Lipinski definition) is 8. The number of ether oxygens (including phenoxy) is 2. The lowest BCUT2D eigenvalue weighted by Gasteiger charge is -2.10. The topological polar surface area (TPSA) is 95.3 Å². The summed E-state index contributed by atoms with van der Waals surface area (Å²) in [6.07, 6.45) is 4.56. The van der Waals surface area contributed by atoms with Crippen molar-refractivity contribution >= 4 is 40.0 Å². The van der Waals surface area contributed by atoms with Crippen molar-refractivity contribution in [2.45, 2.75) is 51.7 Å². The molecule has 4 rings (SSSR count). The van der Waals surface area contributed by atoms with Gasteiger partial charge in [-0.3, -0.25) is 9.36 Å². The molecule has 0 aliphatic heterocycles. The number of anilines is 1. The number of nitrogens with one attached hydrogen (secondary N) is 1. The molecule has 1 aliphatic carbocycles. The van der Waals surface area contributed by atoms with E-state index in [1.54, 1.807) is 13.0 Å². The van der Waals surface area contributed by atoms with Crippen LogP contribution in [0.5, 0.6) is 5.75 Å². The van der Waals surface area contributed by atoms with Crippen molar-refractivity contribution in [1.29, 1.82) is 0 Å². The van der Waals surface area contributed by atoms with E-state index in [1.165, 1.54) is 23.1 Å². The van der Waals surface area contributed by atoms with Gasteiger partial charge >= 0.3 is 5.97 Å². The van der Waals surface area contributed by atoms with Gasteiger partial charge in [0.1, 0.15) is 10.8 Å². The molecule has 2 heterocycles. The number of aryl methyl sites for hydroxylation is 1. The SMILES string of the molecule is C=CCn1c(SCC(=O)Nc2sc3c(c2C(=O)OCC)CCC3)nnc1-c1ccc(OCC(C)C)cc1. The lowest BCUT2D eigenvalue weighted by molar-refractivity contribution is -0.113. The number of thioether (sulfide) groups is 1. The van der Waals surface area contributed by atoms with Crippen molar-refractivity contribution in [3.05, 3.63) is 52.9 Å². The molecule has 1 aromatic carbocycles. The van der Waals surface area contributed by atoms with Crippen LogP contribution >= 0.6 is 23.1 Å². The molecule has 0 saturated carbocycles. The van der Waals surface area contributed by atoms with E-state index in [9.17, 15) is 9.59 Å². The van der Waals surface area contributed by atoms with Crippen molar-refractivity contribution in [2.75, 3.05) is 24.3 Å². The van der Waals surface area contributed by atoms with Gasteiger partial charge in [-0.15, -0.1) is 28.1 Å². The van der Waals surface area contributed by atoms with E-state index < -0.39 is 0 Å². The van der Waals surface area contributed by atoms with Gasteiger partial charge in [0.15, 0.2) is 11.0 Å². The number of nitrogens with zero attached hydrogens (tertiary/aromatic N) is 3. The third kappa shape index (κ3) is 6.42. The number of thiophene rings is 1. The summed E-state index contributed by atoms with van der Waals surface area (Å²) in [4.78, 5) is 26.6. The van der Waals surface area contributed by atoms with E-state index in [0.717, 1.165) is 41.0 Å². The van der Waals surface area contributed by atoms with Gasteiger partial charge in [0.05, 0.1) is 24.5 Å². The average molecular weight is 541 g/mol. The van der Waals surface area contributed by atoms with Crippen LogP contribution in [-0.2, 0) is 28.9 Å². The predicted molar refractivity (Wildman–Crippen MR) is 148 cm³/mol. The van der Waals surface area contributed by atoms with Gasteiger partial charge in [-0.2, -0.15) is 0 Å². The van der Waals surface area contributed by atoms with Crippen LogP contribution in [0.3, 0.4) is 0 Å². The van der Waals surface area contributed by atoms with Crippen LogP contribution in [0, 0.1) is 5.92 Å². The van der Waals surface area contributed by atoms with Gasteiger partial charge in [-0.1, -0.05) is 31.7 Å². The number of carbonyl (C=O) groups excluding carboxylic acids is 2. The number of amides is 1. The van der Waals surface area contributed by atoms with Crippen LogP contribution in [0.4, 0.5) is 5.00 Å². The first-order valence-corrected chi connectivity index (χ1v) is 14.2. The summed E-state index contributed by atoms with van der Waals surface area (Å²) in [6, 6.07) is 7.75. The number of fused-ring (bicyclic) bond motifs is 1. The fourth-order valence-electron chi connectivity index (χ4n) is 4.07. The zero-order valence-electron chi connectivity index (χ0n) is 21.4. The third-order valence-electron chi connectivity index (χ3n) is 5.71. The summed E-state index contributed by atoms with van der Waals surface area (Å²) >= 11 is 2.77. The summed E-state index contributed by atoms with van der Waals surface area (Å²) in [5.74, 6) is 1.49. The highest BCUT2D eigenvalue weighted by Crippen LogP contribution is 2.39. The summed E-state index contributed by atoms with van der Waals surface area (Å²) in [7, 11) is 0. The molecule has 10 heteroatoms. The first-order valence-electron chi connectivity index (χ1n) is 12.4. The van der Waals surface area contributed by atoms with Gasteiger partial charge in [-0.25, -0.2) is 4.79 Å². The molecular weight excluding hydrogens is 508 g/mol. The molecule has 37 heavy (non-hydrogen) atoms. The molecule has 196 valence electrons. The molecule has 2 aromatic heterocycles. The molecule has 0 bridgehead atoms. The second-order valence-corrected chi connectivity index (χ2v) is 11.1. The van der Waals surface area contributed by atoms with E-state index >= 15 is 0 Å². The van der Waals surface area contributed by atoms with Crippen LogP contribution in [-0.4, -0.2) is 45.6 Å². The van der Waals surface area contributed by atoms with Gasteiger partial charge in [0, 0.05) is 17.0 Å². The molecule has 0 radical (unpaired) electrons. The van der Waals surface area contributed by atoms with E-state index in [2.05, 4.69) is 35.9 Å². The summed E-state index contributed by atoms with van der Waals surface area (Å²) in [5, 5.41) is 12.8. The van der Waals surface area contributed by atoms with Gasteiger partial charge in [0.25, 0.3) is 0 Å². The fraction of sp³-hybridized carbons (Fsp3) is 0.407. The Hall–Kier alpha value is -3.11. The monoisotopic (exact) mass is 540 g/mol. The lowest BCUT2D eigenvalue weighted by atomic mass is 10.1. The van der Waals surface area contributed by atoms with Crippen LogP contribution in [0.15, 0.2) is 42.1 Å². The Bertz CT molecular complexity index is 1260. The van der Waals surface area contributed by atoms with Crippen molar-refractivity contribution < 1.29 is 19.1 Å². The Kier molecular flexibility index (Phi) is 9.04. The number of allylic oxidation sites excluding steroid dienone is 1. The minimum absolute atomic E-state index is 0.127. The summed E-state index contributed by atoms with van der Waals surface area (Å²) in [5.41, 5.74) is 2.42. The third-order valence-corrected chi connectivity index (χ3v) is 7.88. The highest BCUT2D eigenvalue weighted by Gasteiger charge is 2.28. The highest BCUT2D eigenvalue weighted by atomic mass is 32.2. The lowest BCUT2D eigenvalue weighted by Crippen LogP contribution is -2.17. The Morgan fingerprint density at radius 3 is 2.73 bits per heavy atom. The molecule has 8 nitrogen and oxygen atoms in total. The van der Waals surface area contributed by atoms with Crippen molar-refractivity contribution in [3.8, 4) is 17.1 Å². The van der Waals surface area contributed by atoms with E-state index in [-0.39, 0.29) is 17.6 Å². The number of benzene rings is 1. The number of hydrogen-bond donors (Lipinski definition) is 1. The molecule has 1 amide bonds. The Balaban J connectivity index is 1.45. The maximum atomic E-state index is 12.9. The van der Waals surface area contributed by atoms with Crippen LogP contribution in [0.1, 0.15) is 48.0 Å². The normalized spacial score (nSPS) is 12.4. The molecule has 3 aromatic rings. The van der Waals surface area contributed by atoms with Crippen molar-refractivity contribution in [2.24, 2.45) is 5.92 Å². The Labute approximate surface area is 225 Å². The predicted octanol–water partition coefficient (Wildman–Crippen LogP) is 5.62. The first-order chi connectivity index (χ1) is 17.9. The van der Waals surface area contributed by atoms with Crippen LogP contribution in [0.25, 0.3) is 11.4 Å². The summed E-state index contributed by atoms with van der Waals surface area (Å²) in [6.45, 7) is 11.3. The van der Waals surface area contributed by atoms with E-state index in [0.29, 0.717) is 47.2 Å². The molecule has 1 aliphatic rings. The minimum atomic E-state index is -0.374. The minimum Gasteiger partial charge on any atom is -0.493 e. The molecule has 0 spiro atoms. The van der Waals surface area contributed by atoms with Crippen molar-refractivity contribution in [3.63, 3.8) is 0 Å². The smallest absolute Gasteiger partial charge is 0.341 e. The van der Waals surface area contributed by atoms with E-state index in [4.69, 9.17) is 9.47 Å². The maximum absolute atomic E-state index is 12.9. The largest absolute Gasteiger partial charge is 0.493 e. The average Bonchev–Trinajstić information content (AvgIpc) is 3.57. The summed E-state index contributed by atoms with van der Waals surface area (Å²) < 4.78 is 13.0. The fourth-order valence-corrected chi connectivity index (χ4v) is 6.11. The van der Waals surface area contributed by atoms with Gasteiger partial charge in [-0.05, 0) is 61.9 Å². The zero-order chi connectivity index (χ0) is 26.4. The molecule has 0 atom stereocenters. The second kappa shape index (κ2) is 12.4. The first kappa shape index (κ1) is 26.9. The highest BCUT2D eigenvalue weighted by molar-refractivity contribution is 7.99. The maximum Gasteiger partial charge on any atom is 0.341 e. The Morgan fingerprint density at radius 2 is 2.03 bits per heavy atom. The van der Waals surface area contributed by atoms with Crippen LogP contribution in [0.2, 0.25) is 0 Å².